The van der Waals surface area contributed by atoms with Gasteiger partial charge in [-0.15, -0.1) is 0 Å². The van der Waals surface area contributed by atoms with Gasteiger partial charge in [-0.2, -0.15) is 0 Å². The summed E-state index contributed by atoms with van der Waals surface area (Å²) in [5, 5.41) is 5.19. The topological polar surface area (TPSA) is 42.0 Å². The summed E-state index contributed by atoms with van der Waals surface area (Å²) in [4.78, 5) is 17.4. The van der Waals surface area contributed by atoms with Crippen molar-refractivity contribution < 1.29 is 4.79 Å². The van der Waals surface area contributed by atoms with Gasteiger partial charge in [0.05, 0.1) is 16.3 Å². The average Bonchev–Trinajstić information content (AvgIpc) is 2.62. The number of nitrogens with zero attached hydrogens (tertiary/aromatic N) is 1. The maximum absolute atomic E-state index is 12.6. The van der Waals surface area contributed by atoms with Crippen LogP contribution in [0.15, 0.2) is 41.4 Å². The number of pyridine rings is 1. The van der Waals surface area contributed by atoms with E-state index >= 15 is 0 Å². The normalized spacial score (nSPS) is 11.2. The summed E-state index contributed by atoms with van der Waals surface area (Å²) in [5.74, 6) is 0.704. The molecule has 0 spiro atoms. The summed E-state index contributed by atoms with van der Waals surface area (Å²) >= 11 is 1.49. The maximum Gasteiger partial charge on any atom is 0.234 e. The zero-order valence-corrected chi connectivity index (χ0v) is 18.3. The summed E-state index contributed by atoms with van der Waals surface area (Å²) in [6.45, 7) is 12.6. The monoisotopic (exact) mass is 392 g/mol. The van der Waals surface area contributed by atoms with E-state index in [0.29, 0.717) is 11.7 Å². The Kier molecular flexibility index (Phi) is 6.09. The van der Waals surface area contributed by atoms with Crippen molar-refractivity contribution in [2.75, 3.05) is 11.1 Å². The molecule has 3 aromatic rings. The van der Waals surface area contributed by atoms with Gasteiger partial charge in [0.2, 0.25) is 5.91 Å². The third kappa shape index (κ3) is 4.39. The van der Waals surface area contributed by atoms with Gasteiger partial charge in [-0.1, -0.05) is 55.4 Å². The molecule has 0 bridgehead atoms. The molecule has 0 aliphatic carbocycles. The Balaban J connectivity index is 1.77. The van der Waals surface area contributed by atoms with Gasteiger partial charge in [0.1, 0.15) is 0 Å². The van der Waals surface area contributed by atoms with E-state index in [1.807, 2.05) is 19.1 Å². The van der Waals surface area contributed by atoms with Crippen LogP contribution in [0, 0.1) is 27.7 Å². The first-order valence-corrected chi connectivity index (χ1v) is 10.7. The Morgan fingerprint density at radius 1 is 1.04 bits per heavy atom. The summed E-state index contributed by atoms with van der Waals surface area (Å²) in [6, 6.07) is 12.6. The summed E-state index contributed by atoms with van der Waals surface area (Å²) in [6.07, 6.45) is 0. The van der Waals surface area contributed by atoms with Crippen molar-refractivity contribution in [3.05, 3.63) is 64.2 Å². The van der Waals surface area contributed by atoms with E-state index in [0.717, 1.165) is 21.8 Å². The van der Waals surface area contributed by atoms with Gasteiger partial charge in [0.15, 0.2) is 0 Å². The van der Waals surface area contributed by atoms with E-state index in [9.17, 15) is 4.79 Å². The highest BCUT2D eigenvalue weighted by molar-refractivity contribution is 7.99. The molecular weight excluding hydrogens is 364 g/mol. The molecule has 0 saturated heterocycles. The first kappa shape index (κ1) is 20.4. The highest BCUT2D eigenvalue weighted by Gasteiger charge is 2.13. The number of para-hydroxylation sites is 1. The SMILES string of the molecule is Cc1cc(C)c2nc(SCC(=O)Nc3c(C)cccc3C(C)C)cc(C)c2c1. The fourth-order valence-electron chi connectivity index (χ4n) is 3.55. The van der Waals surface area contributed by atoms with Crippen LogP contribution in [0.2, 0.25) is 0 Å². The third-order valence-corrected chi connectivity index (χ3v) is 5.89. The zero-order valence-electron chi connectivity index (χ0n) is 17.5. The molecule has 0 atom stereocenters. The lowest BCUT2D eigenvalue weighted by molar-refractivity contribution is -0.113. The molecule has 2 aromatic carbocycles. The molecule has 1 heterocycles. The minimum atomic E-state index is 0.00128. The molecule has 0 unspecified atom stereocenters. The molecule has 1 N–H and O–H groups in total. The van der Waals surface area contributed by atoms with Gasteiger partial charge in [0.25, 0.3) is 0 Å². The molecule has 0 radical (unpaired) electrons. The molecule has 0 fully saturated rings. The van der Waals surface area contributed by atoms with Crippen LogP contribution in [-0.4, -0.2) is 16.6 Å². The van der Waals surface area contributed by atoms with Crippen LogP contribution < -0.4 is 5.32 Å². The van der Waals surface area contributed by atoms with E-state index < -0.39 is 0 Å². The Labute approximate surface area is 172 Å². The van der Waals surface area contributed by atoms with Crippen LogP contribution in [0.25, 0.3) is 10.9 Å². The Morgan fingerprint density at radius 3 is 2.50 bits per heavy atom. The average molecular weight is 393 g/mol. The van der Waals surface area contributed by atoms with Crippen LogP contribution >= 0.6 is 11.8 Å². The number of rotatable bonds is 5. The number of thioether (sulfide) groups is 1. The molecule has 0 aliphatic rings. The molecule has 3 nitrogen and oxygen atoms in total. The summed E-state index contributed by atoms with van der Waals surface area (Å²) < 4.78 is 0. The van der Waals surface area contributed by atoms with Crippen molar-refractivity contribution in [2.24, 2.45) is 0 Å². The second kappa shape index (κ2) is 8.36. The van der Waals surface area contributed by atoms with Crippen molar-refractivity contribution >= 4 is 34.3 Å². The largest absolute Gasteiger partial charge is 0.325 e. The number of anilines is 1. The van der Waals surface area contributed by atoms with Crippen molar-refractivity contribution in [3.63, 3.8) is 0 Å². The lowest BCUT2D eigenvalue weighted by atomic mass is 9.98. The maximum atomic E-state index is 12.6. The number of amides is 1. The fraction of sp³-hybridized carbons (Fsp3) is 0.333. The highest BCUT2D eigenvalue weighted by Crippen LogP contribution is 2.29. The molecule has 0 saturated carbocycles. The van der Waals surface area contributed by atoms with E-state index in [-0.39, 0.29) is 5.91 Å². The summed E-state index contributed by atoms with van der Waals surface area (Å²) in [7, 11) is 0. The predicted molar refractivity (Wildman–Crippen MR) is 121 cm³/mol. The zero-order chi connectivity index (χ0) is 20.4. The van der Waals surface area contributed by atoms with Crippen LogP contribution in [0.5, 0.6) is 0 Å². The van der Waals surface area contributed by atoms with Crippen LogP contribution in [0.3, 0.4) is 0 Å². The van der Waals surface area contributed by atoms with Gasteiger partial charge >= 0.3 is 0 Å². The lowest BCUT2D eigenvalue weighted by Gasteiger charge is -2.16. The van der Waals surface area contributed by atoms with Crippen molar-refractivity contribution in [2.45, 2.75) is 52.5 Å². The highest BCUT2D eigenvalue weighted by atomic mass is 32.2. The molecule has 1 amide bonds. The number of hydrogen-bond acceptors (Lipinski definition) is 3. The van der Waals surface area contributed by atoms with Gasteiger partial charge in [-0.3, -0.25) is 4.79 Å². The smallest absolute Gasteiger partial charge is 0.234 e. The molecule has 1 aromatic heterocycles. The lowest BCUT2D eigenvalue weighted by Crippen LogP contribution is -2.16. The number of nitrogens with one attached hydrogen (secondary N) is 1. The first-order valence-electron chi connectivity index (χ1n) is 9.67. The number of fused-ring (bicyclic) bond motifs is 1. The third-order valence-electron chi connectivity index (χ3n) is 4.97. The molecule has 28 heavy (non-hydrogen) atoms. The molecule has 146 valence electrons. The number of hydrogen-bond donors (Lipinski definition) is 1. The Morgan fingerprint density at radius 2 is 1.79 bits per heavy atom. The standard InChI is InChI=1S/C24H28N2OS/c1-14(2)19-9-7-8-16(4)23(19)25-21(27)13-28-22-12-17(5)20-11-15(3)10-18(6)24(20)26-22/h7-12,14H,13H2,1-6H3,(H,25,27). The molecule has 4 heteroatoms. The van der Waals surface area contributed by atoms with Crippen molar-refractivity contribution in [3.8, 4) is 0 Å². The van der Waals surface area contributed by atoms with Gasteiger partial charge in [-0.25, -0.2) is 4.98 Å². The Hall–Kier alpha value is -2.33. The number of benzene rings is 2. The quantitative estimate of drug-likeness (QED) is 0.516. The Bertz CT molecular complexity index is 1040. The van der Waals surface area contributed by atoms with E-state index in [1.54, 1.807) is 0 Å². The van der Waals surface area contributed by atoms with Gasteiger partial charge in [-0.05, 0) is 68.0 Å². The van der Waals surface area contributed by atoms with Crippen molar-refractivity contribution in [1.29, 1.82) is 0 Å². The second-order valence-corrected chi connectivity index (χ2v) is 8.78. The fourth-order valence-corrected chi connectivity index (χ4v) is 4.31. The van der Waals surface area contributed by atoms with Crippen LogP contribution in [0.4, 0.5) is 5.69 Å². The predicted octanol–water partition coefficient (Wildman–Crippen LogP) is 6.32. The first-order chi connectivity index (χ1) is 13.3. The minimum Gasteiger partial charge on any atom is -0.325 e. The second-order valence-electron chi connectivity index (χ2n) is 7.79. The van der Waals surface area contributed by atoms with E-state index in [2.05, 4.69) is 64.2 Å². The number of carbonyl (C=O) groups excluding carboxylic acids is 1. The van der Waals surface area contributed by atoms with Crippen LogP contribution in [-0.2, 0) is 4.79 Å². The molecule has 3 rings (SSSR count). The molecule has 0 aliphatic heterocycles. The number of carbonyl (C=O) groups is 1. The van der Waals surface area contributed by atoms with E-state index in [1.165, 1.54) is 39.4 Å². The molecular formula is C24H28N2OS. The number of aryl methyl sites for hydroxylation is 4. The van der Waals surface area contributed by atoms with Gasteiger partial charge in [0, 0.05) is 11.1 Å². The minimum absolute atomic E-state index is 0.00128. The van der Waals surface area contributed by atoms with Gasteiger partial charge < -0.3 is 5.32 Å². The van der Waals surface area contributed by atoms with Crippen molar-refractivity contribution in [1.82, 2.24) is 4.98 Å². The van der Waals surface area contributed by atoms with E-state index in [4.69, 9.17) is 4.98 Å². The van der Waals surface area contributed by atoms with Crippen LogP contribution in [0.1, 0.15) is 47.6 Å². The summed E-state index contributed by atoms with van der Waals surface area (Å²) in [5.41, 5.74) is 7.84. The number of aromatic nitrogens is 1.